The van der Waals surface area contributed by atoms with Crippen molar-refractivity contribution in [2.45, 2.75) is 63.6 Å². The molecular formula is C25H31N3O3S. The van der Waals surface area contributed by atoms with Crippen molar-refractivity contribution in [1.29, 1.82) is 0 Å². The van der Waals surface area contributed by atoms with Crippen LogP contribution in [-0.2, 0) is 11.2 Å². The third kappa shape index (κ3) is 4.09. The van der Waals surface area contributed by atoms with Gasteiger partial charge in [-0.2, -0.15) is 0 Å². The molecule has 0 radical (unpaired) electrons. The number of rotatable bonds is 7. The highest BCUT2D eigenvalue weighted by Gasteiger charge is 2.39. The number of nitrogens with zero attached hydrogens (tertiary/aromatic N) is 3. The van der Waals surface area contributed by atoms with E-state index in [-0.39, 0.29) is 11.7 Å². The molecule has 7 heteroatoms. The predicted molar refractivity (Wildman–Crippen MR) is 128 cm³/mol. The molecule has 0 amide bonds. The van der Waals surface area contributed by atoms with E-state index >= 15 is 0 Å². The lowest BCUT2D eigenvalue weighted by molar-refractivity contribution is 0.0657. The second-order valence-electron chi connectivity index (χ2n) is 9.15. The van der Waals surface area contributed by atoms with Crippen molar-refractivity contribution in [3.8, 4) is 11.4 Å². The van der Waals surface area contributed by atoms with E-state index in [2.05, 4.69) is 23.9 Å². The van der Waals surface area contributed by atoms with Crippen LogP contribution in [0.4, 0.5) is 0 Å². The van der Waals surface area contributed by atoms with Gasteiger partial charge in [0.25, 0.3) is 5.56 Å². The van der Waals surface area contributed by atoms with Crippen LogP contribution < -0.4 is 10.3 Å². The molecule has 2 aliphatic heterocycles. The number of hydrogen-bond donors (Lipinski definition) is 0. The van der Waals surface area contributed by atoms with Gasteiger partial charge >= 0.3 is 0 Å². The molecule has 2 aliphatic rings. The van der Waals surface area contributed by atoms with Gasteiger partial charge in [-0.1, -0.05) is 0 Å². The zero-order valence-corrected chi connectivity index (χ0v) is 19.9. The van der Waals surface area contributed by atoms with E-state index in [0.29, 0.717) is 16.8 Å². The Morgan fingerprint density at radius 1 is 1.19 bits per heavy atom. The van der Waals surface area contributed by atoms with Gasteiger partial charge < -0.3 is 14.4 Å². The Labute approximate surface area is 192 Å². The van der Waals surface area contributed by atoms with Gasteiger partial charge in [0.2, 0.25) is 0 Å². The summed E-state index contributed by atoms with van der Waals surface area (Å²) in [6.45, 7) is 2.77. The highest BCUT2D eigenvalue weighted by molar-refractivity contribution is 7.18. The number of fused-ring (bicyclic) bond motifs is 3. The summed E-state index contributed by atoms with van der Waals surface area (Å²) in [6.07, 6.45) is 8.52. The molecular weight excluding hydrogens is 422 g/mol. The van der Waals surface area contributed by atoms with Crippen LogP contribution >= 0.6 is 11.3 Å². The maximum absolute atomic E-state index is 13.2. The molecule has 32 heavy (non-hydrogen) atoms. The van der Waals surface area contributed by atoms with Crippen molar-refractivity contribution >= 4 is 21.6 Å². The number of thiophene rings is 1. The van der Waals surface area contributed by atoms with Crippen molar-refractivity contribution in [3.63, 3.8) is 0 Å². The fourth-order valence-electron chi connectivity index (χ4n) is 5.21. The summed E-state index contributed by atoms with van der Waals surface area (Å²) in [7, 11) is 3.96. The number of benzene rings is 1. The van der Waals surface area contributed by atoms with Crippen molar-refractivity contribution in [2.24, 2.45) is 0 Å². The van der Waals surface area contributed by atoms with Crippen LogP contribution in [0.25, 0.3) is 15.9 Å². The first-order valence-electron chi connectivity index (χ1n) is 11.5. The van der Waals surface area contributed by atoms with Gasteiger partial charge in [0.05, 0.1) is 11.2 Å². The smallest absolute Gasteiger partial charge is 0.275 e. The summed E-state index contributed by atoms with van der Waals surface area (Å²) in [5.74, 6) is 0.918. The second kappa shape index (κ2) is 8.96. The van der Waals surface area contributed by atoms with Gasteiger partial charge in [0.1, 0.15) is 22.9 Å². The molecule has 3 atom stereocenters. The van der Waals surface area contributed by atoms with Crippen LogP contribution in [0.1, 0.15) is 42.5 Å². The van der Waals surface area contributed by atoms with E-state index in [4.69, 9.17) is 9.47 Å². The van der Waals surface area contributed by atoms with Gasteiger partial charge in [0, 0.05) is 30.7 Å². The number of aryl methyl sites for hydroxylation is 2. The summed E-state index contributed by atoms with van der Waals surface area (Å²) in [6, 6.07) is 9.33. The molecule has 170 valence electrons. The summed E-state index contributed by atoms with van der Waals surface area (Å²) < 4.78 is 13.9. The maximum Gasteiger partial charge on any atom is 0.275 e. The van der Waals surface area contributed by atoms with Crippen LogP contribution in [0, 0.1) is 6.92 Å². The fourth-order valence-corrected chi connectivity index (χ4v) is 6.29. The molecule has 0 N–H and O–H groups in total. The van der Waals surface area contributed by atoms with Crippen LogP contribution in [0.3, 0.4) is 0 Å². The molecule has 0 saturated carbocycles. The number of methoxy groups -OCH3 is 1. The molecule has 2 saturated heterocycles. The molecule has 2 aromatic heterocycles. The van der Waals surface area contributed by atoms with Crippen molar-refractivity contribution in [2.75, 3.05) is 20.8 Å². The normalized spacial score (nSPS) is 23.2. The van der Waals surface area contributed by atoms with Crippen molar-refractivity contribution < 1.29 is 9.47 Å². The van der Waals surface area contributed by atoms with E-state index in [9.17, 15) is 4.79 Å². The molecule has 3 aromatic rings. The first kappa shape index (κ1) is 21.6. The quantitative estimate of drug-likeness (QED) is 0.498. The third-order valence-electron chi connectivity index (χ3n) is 7.05. The van der Waals surface area contributed by atoms with Crippen molar-refractivity contribution in [1.82, 2.24) is 14.5 Å². The Kier molecular flexibility index (Phi) is 6.05. The zero-order valence-electron chi connectivity index (χ0n) is 19.0. The summed E-state index contributed by atoms with van der Waals surface area (Å²) in [5.41, 5.74) is 2.63. The van der Waals surface area contributed by atoms with E-state index in [1.54, 1.807) is 29.3 Å². The van der Waals surface area contributed by atoms with Gasteiger partial charge in [-0.05, 0) is 82.3 Å². The van der Waals surface area contributed by atoms with Crippen LogP contribution in [0.2, 0.25) is 0 Å². The minimum atomic E-state index is -0.0158. The average Bonchev–Trinajstić information content (AvgIpc) is 3.27. The van der Waals surface area contributed by atoms with Gasteiger partial charge in [-0.25, -0.2) is 4.98 Å². The van der Waals surface area contributed by atoms with E-state index < -0.39 is 0 Å². The highest BCUT2D eigenvalue weighted by atomic mass is 32.1. The number of aromatic nitrogens is 2. The van der Waals surface area contributed by atoms with Gasteiger partial charge in [0.15, 0.2) is 0 Å². The molecule has 2 bridgehead atoms. The molecule has 4 heterocycles. The van der Waals surface area contributed by atoms with E-state index in [1.807, 2.05) is 24.3 Å². The summed E-state index contributed by atoms with van der Waals surface area (Å²) in [4.78, 5) is 21.4. The molecule has 1 aromatic carbocycles. The average molecular weight is 454 g/mol. The Balaban J connectivity index is 1.35. The molecule has 2 fully saturated rings. The monoisotopic (exact) mass is 453 g/mol. The van der Waals surface area contributed by atoms with Gasteiger partial charge in [-0.15, -0.1) is 11.3 Å². The largest absolute Gasteiger partial charge is 0.490 e. The van der Waals surface area contributed by atoms with Crippen LogP contribution in [-0.4, -0.2) is 53.4 Å². The fraction of sp³-hybridized carbons (Fsp3) is 0.520. The third-order valence-corrected chi connectivity index (χ3v) is 8.22. The minimum absolute atomic E-state index is 0.0158. The molecule has 6 nitrogen and oxygen atoms in total. The minimum Gasteiger partial charge on any atom is -0.490 e. The standard InChI is InChI=1S/C25H31N3O3S/c1-16-11-19(8-9-23(16)31-20-12-17-6-7-18(13-20)27(17)2)28-15-26-22-14-21(5-4-10-30-3)32-24(22)25(28)29/h8-9,11,14-15,17-18,20H,4-7,10,12-13H2,1-3H3/t17-,18+,20+. The Hall–Kier alpha value is -2.22. The Morgan fingerprint density at radius 2 is 1.97 bits per heavy atom. The lowest BCUT2D eigenvalue weighted by atomic mass is 10.0. The van der Waals surface area contributed by atoms with E-state index in [1.165, 1.54) is 17.7 Å². The van der Waals surface area contributed by atoms with Gasteiger partial charge in [-0.3, -0.25) is 9.36 Å². The number of hydrogen-bond acceptors (Lipinski definition) is 6. The SMILES string of the molecule is COCCCc1cc2ncn(-c3ccc(O[C@H]4C[C@H]5CC[C@@H](C4)N5C)c(C)c3)c(=O)c2s1. The van der Waals surface area contributed by atoms with Crippen molar-refractivity contribution in [3.05, 3.63) is 51.4 Å². The maximum atomic E-state index is 13.2. The highest BCUT2D eigenvalue weighted by Crippen LogP contribution is 2.36. The molecule has 0 spiro atoms. The topological polar surface area (TPSA) is 56.6 Å². The summed E-state index contributed by atoms with van der Waals surface area (Å²) >= 11 is 1.54. The Morgan fingerprint density at radius 3 is 2.69 bits per heavy atom. The first-order chi connectivity index (χ1) is 15.5. The lowest BCUT2D eigenvalue weighted by Crippen LogP contribution is -2.43. The summed E-state index contributed by atoms with van der Waals surface area (Å²) in [5, 5.41) is 0. The predicted octanol–water partition coefficient (Wildman–Crippen LogP) is 4.34. The van der Waals surface area contributed by atoms with E-state index in [0.717, 1.165) is 54.8 Å². The number of ether oxygens (including phenoxy) is 2. The Bertz CT molecular complexity index is 1160. The second-order valence-corrected chi connectivity index (χ2v) is 10.3. The molecule has 0 aliphatic carbocycles. The van der Waals surface area contributed by atoms with Crippen LogP contribution in [0.5, 0.6) is 5.75 Å². The zero-order chi connectivity index (χ0) is 22.2. The molecule has 5 rings (SSSR count). The van der Waals surface area contributed by atoms with Crippen LogP contribution in [0.15, 0.2) is 35.4 Å². The molecule has 0 unspecified atom stereocenters. The number of piperidine rings is 1. The first-order valence-corrected chi connectivity index (χ1v) is 12.3. The lowest BCUT2D eigenvalue weighted by Gasteiger charge is -2.36.